The van der Waals surface area contributed by atoms with Gasteiger partial charge in [0, 0.05) is 5.92 Å². The van der Waals surface area contributed by atoms with Crippen LogP contribution in [0.5, 0.6) is 0 Å². The molecule has 0 aromatic carbocycles. The number of halogens is 2. The van der Waals surface area contributed by atoms with Gasteiger partial charge in [-0.25, -0.2) is 13.8 Å². The van der Waals surface area contributed by atoms with Crippen molar-refractivity contribution in [3.63, 3.8) is 0 Å². The van der Waals surface area contributed by atoms with E-state index in [4.69, 9.17) is 4.42 Å². The van der Waals surface area contributed by atoms with E-state index in [1.165, 1.54) is 0 Å². The Labute approximate surface area is 80.5 Å². The van der Waals surface area contributed by atoms with E-state index in [0.717, 1.165) is 32.2 Å². The topological polar surface area (TPSA) is 38.1 Å². The quantitative estimate of drug-likeness (QED) is 0.797. The van der Waals surface area contributed by atoms with Crippen LogP contribution in [-0.2, 0) is 0 Å². The Kier molecular flexibility index (Phi) is 2.77. The van der Waals surface area contributed by atoms with Crippen molar-refractivity contribution in [2.45, 2.75) is 25.2 Å². The molecule has 0 radical (unpaired) electrons. The van der Waals surface area contributed by atoms with E-state index in [0.29, 0.717) is 5.89 Å². The Morgan fingerprint density at radius 1 is 1.43 bits per heavy atom. The molecule has 1 aliphatic rings. The fraction of sp³-hybridized carbons (Fsp3) is 0.667. The van der Waals surface area contributed by atoms with Crippen molar-refractivity contribution in [1.82, 2.24) is 10.3 Å². The lowest BCUT2D eigenvalue weighted by atomic mass is 9.98. The van der Waals surface area contributed by atoms with E-state index in [1.807, 2.05) is 0 Å². The third kappa shape index (κ3) is 1.92. The monoisotopic (exact) mass is 202 g/mol. The summed E-state index contributed by atoms with van der Waals surface area (Å²) in [7, 11) is 0. The first kappa shape index (κ1) is 9.58. The van der Waals surface area contributed by atoms with Crippen LogP contribution in [0.2, 0.25) is 0 Å². The van der Waals surface area contributed by atoms with Crippen molar-refractivity contribution in [3.8, 4) is 0 Å². The molecule has 0 bridgehead atoms. The van der Waals surface area contributed by atoms with E-state index < -0.39 is 6.43 Å². The highest BCUT2D eigenvalue weighted by molar-refractivity contribution is 5.02. The zero-order valence-corrected chi connectivity index (χ0v) is 7.67. The second-order valence-corrected chi connectivity index (χ2v) is 3.44. The summed E-state index contributed by atoms with van der Waals surface area (Å²) in [4.78, 5) is 3.79. The molecule has 0 spiro atoms. The van der Waals surface area contributed by atoms with E-state index in [2.05, 4.69) is 10.3 Å². The molecule has 0 aliphatic carbocycles. The first-order valence-corrected chi connectivity index (χ1v) is 4.71. The van der Waals surface area contributed by atoms with E-state index in [-0.39, 0.29) is 11.6 Å². The van der Waals surface area contributed by atoms with Crippen LogP contribution in [0.3, 0.4) is 0 Å². The SMILES string of the molecule is FC(F)c1coc(C2CCNCC2)n1. The number of nitrogens with zero attached hydrogens (tertiary/aromatic N) is 1. The molecule has 2 rings (SSSR count). The maximum atomic E-state index is 12.2. The minimum Gasteiger partial charge on any atom is -0.448 e. The molecular weight excluding hydrogens is 190 g/mol. The maximum absolute atomic E-state index is 12.2. The van der Waals surface area contributed by atoms with Crippen LogP contribution in [0.15, 0.2) is 10.7 Å². The third-order valence-corrected chi connectivity index (χ3v) is 2.45. The number of oxazole rings is 1. The first-order chi connectivity index (χ1) is 6.77. The third-order valence-electron chi connectivity index (χ3n) is 2.45. The normalized spacial score (nSPS) is 19.1. The molecule has 3 nitrogen and oxygen atoms in total. The highest BCUT2D eigenvalue weighted by atomic mass is 19.3. The van der Waals surface area contributed by atoms with Gasteiger partial charge >= 0.3 is 0 Å². The zero-order valence-electron chi connectivity index (χ0n) is 7.67. The Balaban J connectivity index is 2.07. The zero-order chi connectivity index (χ0) is 9.97. The summed E-state index contributed by atoms with van der Waals surface area (Å²) in [5.74, 6) is 0.658. The van der Waals surface area contributed by atoms with Gasteiger partial charge in [-0.15, -0.1) is 0 Å². The van der Waals surface area contributed by atoms with Gasteiger partial charge in [0.15, 0.2) is 5.89 Å². The van der Waals surface area contributed by atoms with E-state index in [9.17, 15) is 8.78 Å². The van der Waals surface area contributed by atoms with E-state index in [1.54, 1.807) is 0 Å². The van der Waals surface area contributed by atoms with Gasteiger partial charge in [0.25, 0.3) is 6.43 Å². The second-order valence-electron chi connectivity index (χ2n) is 3.44. The summed E-state index contributed by atoms with van der Waals surface area (Å²) in [6.07, 6.45) is 0.336. The fourth-order valence-corrected chi connectivity index (χ4v) is 1.66. The molecule has 2 heterocycles. The Morgan fingerprint density at radius 2 is 2.14 bits per heavy atom. The fourth-order valence-electron chi connectivity index (χ4n) is 1.66. The highest BCUT2D eigenvalue weighted by Crippen LogP contribution is 2.26. The molecule has 5 heteroatoms. The Morgan fingerprint density at radius 3 is 2.71 bits per heavy atom. The van der Waals surface area contributed by atoms with Crippen molar-refractivity contribution < 1.29 is 13.2 Å². The van der Waals surface area contributed by atoms with Gasteiger partial charge in [-0.2, -0.15) is 0 Å². The average molecular weight is 202 g/mol. The predicted octanol–water partition coefficient (Wildman–Crippen LogP) is 2.08. The smallest absolute Gasteiger partial charge is 0.283 e. The summed E-state index contributed by atoms with van der Waals surface area (Å²) in [6.45, 7) is 1.80. The Bertz CT molecular complexity index is 295. The molecule has 78 valence electrons. The van der Waals surface area contributed by atoms with Crippen LogP contribution in [0, 0.1) is 0 Å². The van der Waals surface area contributed by atoms with Crippen LogP contribution >= 0.6 is 0 Å². The van der Waals surface area contributed by atoms with Gasteiger partial charge in [-0.05, 0) is 25.9 Å². The molecule has 14 heavy (non-hydrogen) atoms. The lowest BCUT2D eigenvalue weighted by Crippen LogP contribution is -2.26. The molecule has 1 fully saturated rings. The van der Waals surface area contributed by atoms with Gasteiger partial charge in [-0.1, -0.05) is 0 Å². The predicted molar refractivity (Wildman–Crippen MR) is 46.3 cm³/mol. The van der Waals surface area contributed by atoms with Crippen LogP contribution in [0.4, 0.5) is 8.78 Å². The summed E-state index contributed by atoms with van der Waals surface area (Å²) < 4.78 is 29.5. The lowest BCUT2D eigenvalue weighted by molar-refractivity contribution is 0.146. The molecule has 1 saturated heterocycles. The number of rotatable bonds is 2. The number of hydrogen-bond acceptors (Lipinski definition) is 3. The number of hydrogen-bond donors (Lipinski definition) is 1. The minimum atomic E-state index is -2.53. The average Bonchev–Trinajstić information content (AvgIpc) is 2.68. The van der Waals surface area contributed by atoms with Gasteiger partial charge in [-0.3, -0.25) is 0 Å². The summed E-state index contributed by atoms with van der Waals surface area (Å²) >= 11 is 0. The molecule has 0 unspecified atom stereocenters. The van der Waals surface area contributed by atoms with Crippen molar-refractivity contribution in [2.75, 3.05) is 13.1 Å². The standard InChI is InChI=1S/C9H12F2N2O/c10-8(11)7-5-14-9(13-7)6-1-3-12-4-2-6/h5-6,8,12H,1-4H2. The van der Waals surface area contributed by atoms with Crippen LogP contribution in [-0.4, -0.2) is 18.1 Å². The largest absolute Gasteiger partial charge is 0.448 e. The molecule has 1 aliphatic heterocycles. The minimum absolute atomic E-state index is 0.198. The lowest BCUT2D eigenvalue weighted by Gasteiger charge is -2.19. The molecule has 1 N–H and O–H groups in total. The second kappa shape index (κ2) is 4.04. The van der Waals surface area contributed by atoms with Gasteiger partial charge in [0.05, 0.1) is 0 Å². The van der Waals surface area contributed by atoms with Crippen molar-refractivity contribution >= 4 is 0 Å². The molecule has 0 saturated carbocycles. The molecule has 1 aromatic heterocycles. The number of piperidine rings is 1. The molecule has 0 amide bonds. The van der Waals surface area contributed by atoms with Crippen LogP contribution < -0.4 is 5.32 Å². The molecule has 0 atom stereocenters. The van der Waals surface area contributed by atoms with Gasteiger partial charge in [0.2, 0.25) is 0 Å². The number of alkyl halides is 2. The van der Waals surface area contributed by atoms with E-state index >= 15 is 0 Å². The van der Waals surface area contributed by atoms with Gasteiger partial charge < -0.3 is 9.73 Å². The summed E-state index contributed by atoms with van der Waals surface area (Å²) in [5, 5.41) is 3.20. The van der Waals surface area contributed by atoms with Crippen molar-refractivity contribution in [2.24, 2.45) is 0 Å². The van der Waals surface area contributed by atoms with Gasteiger partial charge in [0.1, 0.15) is 12.0 Å². The maximum Gasteiger partial charge on any atom is 0.283 e. The highest BCUT2D eigenvalue weighted by Gasteiger charge is 2.22. The first-order valence-electron chi connectivity index (χ1n) is 4.71. The van der Waals surface area contributed by atoms with Crippen molar-refractivity contribution in [1.29, 1.82) is 0 Å². The summed E-state index contributed by atoms with van der Waals surface area (Å²) in [6, 6.07) is 0. The van der Waals surface area contributed by atoms with Crippen LogP contribution in [0.25, 0.3) is 0 Å². The van der Waals surface area contributed by atoms with Crippen LogP contribution in [0.1, 0.15) is 36.8 Å². The van der Waals surface area contributed by atoms with Crippen molar-refractivity contribution in [3.05, 3.63) is 17.8 Å². The Hall–Kier alpha value is -0.970. The molecular formula is C9H12F2N2O. The molecule has 1 aromatic rings. The number of aromatic nitrogens is 1. The number of nitrogens with one attached hydrogen (secondary N) is 1. The summed E-state index contributed by atoms with van der Waals surface area (Å²) in [5.41, 5.74) is -0.251.